The number of hydrogen-bond donors (Lipinski definition) is 2. The van der Waals surface area contributed by atoms with Crippen LogP contribution in [0, 0.1) is 17.8 Å². The van der Waals surface area contributed by atoms with Crippen molar-refractivity contribution >= 4 is 5.91 Å². The van der Waals surface area contributed by atoms with Gasteiger partial charge in [0.25, 0.3) is 0 Å². The highest BCUT2D eigenvalue weighted by Gasteiger charge is 2.51. The van der Waals surface area contributed by atoms with E-state index in [-0.39, 0.29) is 23.6 Å². The molecule has 4 bridgehead atoms. The maximum absolute atomic E-state index is 12.8. The quantitative estimate of drug-likeness (QED) is 0.837. The largest absolute Gasteiger partial charge is 0.393 e. The van der Waals surface area contributed by atoms with Crippen LogP contribution in [0.3, 0.4) is 0 Å². The topological polar surface area (TPSA) is 52.6 Å². The van der Waals surface area contributed by atoms with Crippen LogP contribution < -0.4 is 5.32 Å². The molecule has 4 nitrogen and oxygen atoms in total. The molecule has 22 heavy (non-hydrogen) atoms. The highest BCUT2D eigenvalue weighted by atomic mass is 16.3. The van der Waals surface area contributed by atoms with Gasteiger partial charge in [0.15, 0.2) is 0 Å². The van der Waals surface area contributed by atoms with E-state index < -0.39 is 0 Å². The van der Waals surface area contributed by atoms with Crippen LogP contribution in [-0.4, -0.2) is 46.7 Å². The summed E-state index contributed by atoms with van der Waals surface area (Å²) in [4.78, 5) is 15.0. The second-order valence-corrected chi connectivity index (χ2v) is 8.63. The van der Waals surface area contributed by atoms with E-state index in [1.165, 1.54) is 38.5 Å². The van der Waals surface area contributed by atoms with Crippen LogP contribution in [0.1, 0.15) is 58.3 Å². The van der Waals surface area contributed by atoms with Crippen molar-refractivity contribution in [2.45, 2.75) is 76.0 Å². The molecule has 0 spiro atoms. The second kappa shape index (κ2) is 5.48. The average Bonchev–Trinajstić information content (AvgIpc) is 2.45. The van der Waals surface area contributed by atoms with Crippen molar-refractivity contribution in [1.29, 1.82) is 0 Å². The zero-order chi connectivity index (χ0) is 15.3. The minimum atomic E-state index is -0.172. The Balaban J connectivity index is 1.39. The van der Waals surface area contributed by atoms with Gasteiger partial charge < -0.3 is 10.4 Å². The highest BCUT2D eigenvalue weighted by Crippen LogP contribution is 2.55. The van der Waals surface area contributed by atoms with Crippen molar-refractivity contribution in [3.8, 4) is 0 Å². The lowest BCUT2D eigenvalue weighted by Crippen LogP contribution is -2.62. The predicted octanol–water partition coefficient (Wildman–Crippen LogP) is 1.92. The van der Waals surface area contributed by atoms with Gasteiger partial charge in [-0.05, 0) is 76.0 Å². The summed E-state index contributed by atoms with van der Waals surface area (Å²) in [7, 11) is 0. The first-order chi connectivity index (χ1) is 10.5. The number of nitrogens with zero attached hydrogens (tertiary/aromatic N) is 1. The van der Waals surface area contributed by atoms with E-state index in [4.69, 9.17) is 0 Å². The van der Waals surface area contributed by atoms with Crippen molar-refractivity contribution in [3.05, 3.63) is 0 Å². The Kier molecular flexibility index (Phi) is 3.73. The van der Waals surface area contributed by atoms with Crippen molar-refractivity contribution in [2.24, 2.45) is 17.8 Å². The Hall–Kier alpha value is -0.610. The number of carbonyl (C=O) groups excluding carboxylic acids is 1. The molecule has 2 N–H and O–H groups in total. The highest BCUT2D eigenvalue weighted by molar-refractivity contribution is 5.82. The van der Waals surface area contributed by atoms with Gasteiger partial charge in [0.05, 0.1) is 12.1 Å². The first kappa shape index (κ1) is 14.9. The molecule has 5 aliphatic rings. The third-order valence-corrected chi connectivity index (χ3v) is 6.85. The Bertz CT molecular complexity index is 407. The van der Waals surface area contributed by atoms with E-state index in [0.717, 1.165) is 43.7 Å². The van der Waals surface area contributed by atoms with Crippen LogP contribution >= 0.6 is 0 Å². The van der Waals surface area contributed by atoms with E-state index >= 15 is 0 Å². The molecule has 0 aromatic carbocycles. The summed E-state index contributed by atoms with van der Waals surface area (Å²) in [5, 5.41) is 13.1. The van der Waals surface area contributed by atoms with Crippen LogP contribution in [0.25, 0.3) is 0 Å². The SMILES string of the molecule is CC(C(=O)NC12CC3CC(CC(C3)C1)C2)N1CCC(O)CC1. The number of likely N-dealkylation sites (tertiary alicyclic amines) is 1. The molecule has 1 saturated heterocycles. The van der Waals surface area contributed by atoms with Crippen molar-refractivity contribution < 1.29 is 9.90 Å². The molecule has 5 fully saturated rings. The number of rotatable bonds is 3. The Morgan fingerprint density at radius 3 is 2.09 bits per heavy atom. The van der Waals surface area contributed by atoms with Gasteiger partial charge in [-0.3, -0.25) is 9.69 Å². The van der Waals surface area contributed by atoms with Crippen LogP contribution in [0.4, 0.5) is 0 Å². The zero-order valence-electron chi connectivity index (χ0n) is 13.8. The van der Waals surface area contributed by atoms with Gasteiger partial charge in [-0.15, -0.1) is 0 Å². The average molecular weight is 306 g/mol. The third-order valence-electron chi connectivity index (χ3n) is 6.85. The molecule has 5 rings (SSSR count). The third kappa shape index (κ3) is 2.69. The number of piperidine rings is 1. The van der Waals surface area contributed by atoms with Crippen LogP contribution in [0.2, 0.25) is 0 Å². The van der Waals surface area contributed by atoms with Gasteiger partial charge >= 0.3 is 0 Å². The number of aliphatic hydroxyl groups excluding tert-OH is 1. The number of carbonyl (C=O) groups is 1. The van der Waals surface area contributed by atoms with E-state index in [2.05, 4.69) is 10.2 Å². The molecule has 4 heteroatoms. The molecule has 1 aliphatic heterocycles. The molecule has 0 radical (unpaired) electrons. The van der Waals surface area contributed by atoms with Crippen LogP contribution in [0.5, 0.6) is 0 Å². The van der Waals surface area contributed by atoms with E-state index in [0.29, 0.717) is 0 Å². The standard InChI is InChI=1S/C18H30N2O2/c1-12(20-4-2-16(21)3-5-20)17(22)19-18-9-13-6-14(10-18)8-15(7-13)11-18/h12-16,21H,2-11H2,1H3,(H,19,22). The Morgan fingerprint density at radius 1 is 1.09 bits per heavy atom. The molecule has 0 aromatic heterocycles. The van der Waals surface area contributed by atoms with Crippen molar-refractivity contribution in [1.82, 2.24) is 10.2 Å². The Labute approximate surface area is 133 Å². The summed E-state index contributed by atoms with van der Waals surface area (Å²) in [5.74, 6) is 2.82. The maximum Gasteiger partial charge on any atom is 0.237 e. The van der Waals surface area contributed by atoms with Crippen LogP contribution in [-0.2, 0) is 4.79 Å². The van der Waals surface area contributed by atoms with E-state index in [1.54, 1.807) is 0 Å². The first-order valence-corrected chi connectivity index (χ1v) is 9.27. The summed E-state index contributed by atoms with van der Waals surface area (Å²) >= 11 is 0. The summed E-state index contributed by atoms with van der Waals surface area (Å²) < 4.78 is 0. The van der Waals surface area contributed by atoms with Gasteiger partial charge in [0.1, 0.15) is 0 Å². The van der Waals surface area contributed by atoms with Crippen LogP contribution in [0.15, 0.2) is 0 Å². The number of aliphatic hydroxyl groups is 1. The summed E-state index contributed by atoms with van der Waals surface area (Å²) in [6, 6.07) is -0.0551. The lowest BCUT2D eigenvalue weighted by Gasteiger charge is -2.57. The van der Waals surface area contributed by atoms with Crippen molar-refractivity contribution in [2.75, 3.05) is 13.1 Å². The monoisotopic (exact) mass is 306 g/mol. The molecular weight excluding hydrogens is 276 g/mol. The minimum Gasteiger partial charge on any atom is -0.393 e. The number of hydrogen-bond acceptors (Lipinski definition) is 3. The molecule has 1 atom stereocenters. The maximum atomic E-state index is 12.8. The van der Waals surface area contributed by atoms with E-state index in [1.807, 2.05) is 6.92 Å². The smallest absolute Gasteiger partial charge is 0.237 e. The van der Waals surface area contributed by atoms with Gasteiger partial charge in [-0.1, -0.05) is 0 Å². The lowest BCUT2D eigenvalue weighted by molar-refractivity contribution is -0.132. The summed E-state index contributed by atoms with van der Waals surface area (Å²) in [5.41, 5.74) is 0.120. The number of nitrogens with one attached hydrogen (secondary N) is 1. The minimum absolute atomic E-state index is 0.0551. The summed E-state index contributed by atoms with van der Waals surface area (Å²) in [6.45, 7) is 3.72. The van der Waals surface area contributed by atoms with Gasteiger partial charge in [0, 0.05) is 18.6 Å². The molecular formula is C18H30N2O2. The van der Waals surface area contributed by atoms with Gasteiger partial charge in [0.2, 0.25) is 5.91 Å². The van der Waals surface area contributed by atoms with Gasteiger partial charge in [-0.25, -0.2) is 0 Å². The molecule has 4 saturated carbocycles. The van der Waals surface area contributed by atoms with Gasteiger partial charge in [-0.2, -0.15) is 0 Å². The Morgan fingerprint density at radius 2 is 1.59 bits per heavy atom. The fourth-order valence-corrected chi connectivity index (χ4v) is 6.07. The molecule has 1 unspecified atom stereocenters. The fourth-order valence-electron chi connectivity index (χ4n) is 6.07. The molecule has 0 aromatic rings. The second-order valence-electron chi connectivity index (χ2n) is 8.63. The van der Waals surface area contributed by atoms with Crippen molar-refractivity contribution in [3.63, 3.8) is 0 Å². The normalized spacial score (nSPS) is 43.3. The fraction of sp³-hybridized carbons (Fsp3) is 0.944. The first-order valence-electron chi connectivity index (χ1n) is 9.27. The summed E-state index contributed by atoms with van der Waals surface area (Å²) in [6.07, 6.45) is 9.32. The lowest BCUT2D eigenvalue weighted by atomic mass is 9.53. The molecule has 4 aliphatic carbocycles. The molecule has 124 valence electrons. The predicted molar refractivity (Wildman–Crippen MR) is 85.3 cm³/mol. The zero-order valence-corrected chi connectivity index (χ0v) is 13.8. The molecule has 1 heterocycles. The van der Waals surface area contributed by atoms with E-state index in [9.17, 15) is 9.90 Å². The number of amides is 1. The molecule has 1 amide bonds.